The van der Waals surface area contributed by atoms with Gasteiger partial charge in [0.15, 0.2) is 0 Å². The second-order valence-corrected chi connectivity index (χ2v) is 5.33. The average molecular weight is 294 g/mol. The Morgan fingerprint density at radius 1 is 0.864 bits per heavy atom. The van der Waals surface area contributed by atoms with Gasteiger partial charge >= 0.3 is 0 Å². The van der Waals surface area contributed by atoms with Gasteiger partial charge in [-0.05, 0) is 50.0 Å². The first-order valence-corrected chi connectivity index (χ1v) is 7.54. The molecule has 2 aliphatic carbocycles. The lowest BCUT2D eigenvalue weighted by atomic mass is 10.1. The largest absolute Gasteiger partial charge is 0.311 e. The first-order valence-electron chi connectivity index (χ1n) is 7.54. The lowest BCUT2D eigenvalue weighted by molar-refractivity contribution is -0.384. The summed E-state index contributed by atoms with van der Waals surface area (Å²) in [5, 5.41) is 10.8. The number of hydrogen-bond acceptors (Lipinski definition) is 3. The molecule has 0 spiro atoms. The monoisotopic (exact) mass is 294 g/mol. The highest BCUT2D eigenvalue weighted by molar-refractivity contribution is 5.64. The fourth-order valence-corrected chi connectivity index (χ4v) is 2.70. The Morgan fingerprint density at radius 2 is 1.41 bits per heavy atom. The minimum atomic E-state index is -0.367. The molecule has 0 N–H and O–H groups in total. The summed E-state index contributed by atoms with van der Waals surface area (Å²) in [5.41, 5.74) is 3.31. The van der Waals surface area contributed by atoms with Gasteiger partial charge in [0.05, 0.1) is 4.92 Å². The van der Waals surface area contributed by atoms with Crippen LogP contribution in [0.25, 0.3) is 0 Å². The van der Waals surface area contributed by atoms with Crippen molar-refractivity contribution in [1.29, 1.82) is 0 Å². The van der Waals surface area contributed by atoms with Crippen LogP contribution < -0.4 is 4.90 Å². The molecule has 4 nitrogen and oxygen atoms in total. The molecule has 0 unspecified atom stereocenters. The van der Waals surface area contributed by atoms with Crippen molar-refractivity contribution in [2.45, 2.75) is 25.7 Å². The summed E-state index contributed by atoms with van der Waals surface area (Å²) in [7, 11) is 0. The van der Waals surface area contributed by atoms with Gasteiger partial charge in [-0.2, -0.15) is 0 Å². The summed E-state index contributed by atoms with van der Waals surface area (Å²) in [5.74, 6) is 0. The van der Waals surface area contributed by atoms with Gasteiger partial charge in [0, 0.05) is 29.2 Å². The normalized spacial score (nSPS) is 16.9. The van der Waals surface area contributed by atoms with Gasteiger partial charge < -0.3 is 4.90 Å². The Kier molecular flexibility index (Phi) is 4.19. The first kappa shape index (κ1) is 14.3. The molecule has 3 rings (SSSR count). The fourth-order valence-electron chi connectivity index (χ4n) is 2.70. The second kappa shape index (κ2) is 6.43. The zero-order valence-corrected chi connectivity index (χ0v) is 12.3. The van der Waals surface area contributed by atoms with E-state index in [0.29, 0.717) is 0 Å². The maximum atomic E-state index is 10.8. The third-order valence-electron chi connectivity index (χ3n) is 3.79. The number of rotatable bonds is 4. The molecule has 112 valence electrons. The Hall–Kier alpha value is -2.62. The molecule has 0 heterocycles. The lowest BCUT2D eigenvalue weighted by Crippen LogP contribution is -2.21. The molecular formula is C18H18N2O2. The van der Waals surface area contributed by atoms with E-state index in [2.05, 4.69) is 41.4 Å². The van der Waals surface area contributed by atoms with E-state index in [0.717, 1.165) is 42.8 Å². The van der Waals surface area contributed by atoms with Crippen molar-refractivity contribution in [2.75, 3.05) is 4.90 Å². The van der Waals surface area contributed by atoms with E-state index in [9.17, 15) is 10.1 Å². The van der Waals surface area contributed by atoms with Gasteiger partial charge in [-0.1, -0.05) is 24.3 Å². The van der Waals surface area contributed by atoms with Gasteiger partial charge in [-0.15, -0.1) is 0 Å². The summed E-state index contributed by atoms with van der Waals surface area (Å²) < 4.78 is 0. The maximum absolute atomic E-state index is 10.8. The van der Waals surface area contributed by atoms with Crippen molar-refractivity contribution >= 4 is 11.4 Å². The SMILES string of the molecule is O=[N+]([O-])c1ccc(N(C2=CCCC=C2)C2=CCCC=C2)cc1. The summed E-state index contributed by atoms with van der Waals surface area (Å²) in [4.78, 5) is 12.6. The molecule has 0 atom stereocenters. The minimum absolute atomic E-state index is 0.116. The smallest absolute Gasteiger partial charge is 0.269 e. The van der Waals surface area contributed by atoms with Crippen LogP contribution in [0.1, 0.15) is 25.7 Å². The zero-order chi connectivity index (χ0) is 15.4. The minimum Gasteiger partial charge on any atom is -0.311 e. The number of nitro groups is 1. The number of benzene rings is 1. The van der Waals surface area contributed by atoms with E-state index in [1.165, 1.54) is 0 Å². The van der Waals surface area contributed by atoms with Gasteiger partial charge in [0.1, 0.15) is 0 Å². The topological polar surface area (TPSA) is 46.4 Å². The predicted molar refractivity (Wildman–Crippen MR) is 88.5 cm³/mol. The van der Waals surface area contributed by atoms with Crippen LogP contribution in [0, 0.1) is 10.1 Å². The third-order valence-corrected chi connectivity index (χ3v) is 3.79. The van der Waals surface area contributed by atoms with Crippen LogP contribution in [-0.4, -0.2) is 4.92 Å². The number of hydrogen-bond donors (Lipinski definition) is 0. The summed E-state index contributed by atoms with van der Waals surface area (Å²) in [6.45, 7) is 0. The molecule has 1 aromatic rings. The molecule has 4 heteroatoms. The van der Waals surface area contributed by atoms with Crippen LogP contribution in [0.3, 0.4) is 0 Å². The van der Waals surface area contributed by atoms with Crippen molar-refractivity contribution in [3.63, 3.8) is 0 Å². The zero-order valence-electron chi connectivity index (χ0n) is 12.3. The standard InChI is InChI=1S/C18H18N2O2/c21-20(22)18-13-11-17(12-14-18)19(15-7-3-1-4-8-15)16-9-5-2-6-10-16/h3,5,7-14H,1-2,4,6H2. The molecule has 0 aromatic heterocycles. The van der Waals surface area contributed by atoms with E-state index >= 15 is 0 Å². The molecule has 1 aromatic carbocycles. The number of nitro benzene ring substituents is 1. The van der Waals surface area contributed by atoms with E-state index in [1.54, 1.807) is 12.1 Å². The van der Waals surface area contributed by atoms with Gasteiger partial charge in [0.25, 0.3) is 5.69 Å². The van der Waals surface area contributed by atoms with Crippen LogP contribution in [0.4, 0.5) is 11.4 Å². The Morgan fingerprint density at radius 3 is 1.82 bits per heavy atom. The van der Waals surface area contributed by atoms with E-state index in [1.807, 2.05) is 12.1 Å². The van der Waals surface area contributed by atoms with Crippen LogP contribution in [-0.2, 0) is 0 Å². The summed E-state index contributed by atoms with van der Waals surface area (Å²) in [6, 6.07) is 6.74. The molecule has 0 amide bonds. The second-order valence-electron chi connectivity index (χ2n) is 5.33. The van der Waals surface area contributed by atoms with Crippen LogP contribution in [0.15, 0.2) is 72.1 Å². The van der Waals surface area contributed by atoms with Crippen molar-refractivity contribution < 1.29 is 4.92 Å². The highest BCUT2D eigenvalue weighted by Gasteiger charge is 2.17. The first-order chi connectivity index (χ1) is 10.8. The number of non-ortho nitro benzene ring substituents is 1. The predicted octanol–water partition coefficient (Wildman–Crippen LogP) is 4.87. The van der Waals surface area contributed by atoms with Gasteiger partial charge in [-0.3, -0.25) is 10.1 Å². The Balaban J connectivity index is 1.99. The number of nitrogens with zero attached hydrogens (tertiary/aromatic N) is 2. The summed E-state index contributed by atoms with van der Waals surface area (Å²) in [6.07, 6.45) is 17.2. The van der Waals surface area contributed by atoms with Crippen molar-refractivity contribution in [1.82, 2.24) is 0 Å². The average Bonchev–Trinajstić information content (AvgIpc) is 2.57. The molecule has 22 heavy (non-hydrogen) atoms. The van der Waals surface area contributed by atoms with Crippen molar-refractivity contribution in [3.05, 3.63) is 82.2 Å². The number of allylic oxidation sites excluding steroid dienone is 6. The number of anilines is 1. The maximum Gasteiger partial charge on any atom is 0.269 e. The molecule has 0 bridgehead atoms. The van der Waals surface area contributed by atoms with Crippen LogP contribution in [0.5, 0.6) is 0 Å². The molecule has 0 aliphatic heterocycles. The highest BCUT2D eigenvalue weighted by Crippen LogP contribution is 2.31. The molecule has 0 saturated carbocycles. The molecule has 0 radical (unpaired) electrons. The third kappa shape index (κ3) is 3.01. The van der Waals surface area contributed by atoms with Gasteiger partial charge in [0.2, 0.25) is 0 Å². The van der Waals surface area contributed by atoms with E-state index in [-0.39, 0.29) is 10.6 Å². The molecule has 0 fully saturated rings. The molecule has 2 aliphatic rings. The van der Waals surface area contributed by atoms with Crippen LogP contribution >= 0.6 is 0 Å². The van der Waals surface area contributed by atoms with E-state index < -0.39 is 0 Å². The Labute approximate surface area is 129 Å². The Bertz CT molecular complexity index is 650. The van der Waals surface area contributed by atoms with Crippen molar-refractivity contribution in [3.8, 4) is 0 Å². The summed E-state index contributed by atoms with van der Waals surface area (Å²) >= 11 is 0. The van der Waals surface area contributed by atoms with Gasteiger partial charge in [-0.25, -0.2) is 0 Å². The van der Waals surface area contributed by atoms with Crippen LogP contribution in [0.2, 0.25) is 0 Å². The quantitative estimate of drug-likeness (QED) is 0.588. The molecule has 0 saturated heterocycles. The highest BCUT2D eigenvalue weighted by atomic mass is 16.6. The van der Waals surface area contributed by atoms with E-state index in [4.69, 9.17) is 0 Å². The lowest BCUT2D eigenvalue weighted by Gasteiger charge is -2.29. The molecular weight excluding hydrogens is 276 g/mol. The fraction of sp³-hybridized carbons (Fsp3) is 0.222. The van der Waals surface area contributed by atoms with Crippen molar-refractivity contribution in [2.24, 2.45) is 0 Å².